The summed E-state index contributed by atoms with van der Waals surface area (Å²) in [6.45, 7) is 3.66. The van der Waals surface area contributed by atoms with Gasteiger partial charge >= 0.3 is 0 Å². The Morgan fingerprint density at radius 1 is 1.50 bits per heavy atom. The molecule has 0 aliphatic rings. The molecule has 0 radical (unpaired) electrons. The first kappa shape index (κ1) is 10.4. The van der Waals surface area contributed by atoms with Crippen LogP contribution in [0.1, 0.15) is 12.5 Å². The normalized spacial score (nSPS) is 12.1. The van der Waals surface area contributed by atoms with Gasteiger partial charge in [-0.1, -0.05) is 6.07 Å². The largest absolute Gasteiger partial charge is 0.397 e. The van der Waals surface area contributed by atoms with Crippen LogP contribution in [-0.4, -0.2) is 11.9 Å². The van der Waals surface area contributed by atoms with Crippen molar-refractivity contribution in [2.75, 3.05) is 11.1 Å². The summed E-state index contributed by atoms with van der Waals surface area (Å²) in [5, 5.41) is 2.95. The molecule has 1 atom stereocenters. The molecule has 0 aliphatic heterocycles. The molecule has 0 saturated carbocycles. The van der Waals surface area contributed by atoms with Gasteiger partial charge in [0, 0.05) is 0 Å². The molecule has 1 amide bonds. The highest BCUT2D eigenvalue weighted by molar-refractivity contribution is 5.84. The van der Waals surface area contributed by atoms with Gasteiger partial charge in [-0.3, -0.25) is 4.79 Å². The summed E-state index contributed by atoms with van der Waals surface area (Å²) in [5.41, 5.74) is 13.3. The number of nitrogens with two attached hydrogens (primary N) is 2. The summed E-state index contributed by atoms with van der Waals surface area (Å²) in [6.07, 6.45) is 0. The lowest BCUT2D eigenvalue weighted by atomic mass is 10.2. The molecule has 0 aromatic heterocycles. The Kier molecular flexibility index (Phi) is 2.96. The van der Waals surface area contributed by atoms with Gasteiger partial charge in [0.05, 0.1) is 11.4 Å². The number of carbonyl (C=O) groups excluding carboxylic acids is 1. The topological polar surface area (TPSA) is 81.1 Å². The lowest BCUT2D eigenvalue weighted by molar-refractivity contribution is -0.118. The van der Waals surface area contributed by atoms with Gasteiger partial charge in [-0.15, -0.1) is 0 Å². The minimum atomic E-state index is -0.418. The van der Waals surface area contributed by atoms with Crippen molar-refractivity contribution in [3.05, 3.63) is 23.8 Å². The fourth-order valence-electron chi connectivity index (χ4n) is 1.10. The van der Waals surface area contributed by atoms with Gasteiger partial charge in [0.1, 0.15) is 6.04 Å². The zero-order valence-corrected chi connectivity index (χ0v) is 8.37. The van der Waals surface area contributed by atoms with Gasteiger partial charge in [0.2, 0.25) is 5.91 Å². The molecule has 1 unspecified atom stereocenters. The van der Waals surface area contributed by atoms with E-state index in [0.29, 0.717) is 5.69 Å². The van der Waals surface area contributed by atoms with Crippen molar-refractivity contribution in [3.8, 4) is 0 Å². The number of hydrogen-bond acceptors (Lipinski definition) is 3. The predicted octanol–water partition coefficient (Wildman–Crippen LogP) is 0.863. The van der Waals surface area contributed by atoms with E-state index in [2.05, 4.69) is 5.32 Å². The van der Waals surface area contributed by atoms with Crippen molar-refractivity contribution in [1.29, 1.82) is 0 Å². The van der Waals surface area contributed by atoms with Crippen molar-refractivity contribution >= 4 is 17.3 Å². The first-order valence-electron chi connectivity index (χ1n) is 4.42. The summed E-state index contributed by atoms with van der Waals surface area (Å²) in [5.74, 6) is -0.397. The second-order valence-corrected chi connectivity index (χ2v) is 3.36. The molecule has 4 heteroatoms. The summed E-state index contributed by atoms with van der Waals surface area (Å²) in [7, 11) is 0. The van der Waals surface area contributed by atoms with Crippen LogP contribution in [0, 0.1) is 6.92 Å². The molecule has 0 fully saturated rings. The molecule has 0 saturated heterocycles. The van der Waals surface area contributed by atoms with Crippen molar-refractivity contribution in [2.45, 2.75) is 19.9 Å². The van der Waals surface area contributed by atoms with Crippen LogP contribution in [0.2, 0.25) is 0 Å². The van der Waals surface area contributed by atoms with Crippen LogP contribution < -0.4 is 16.8 Å². The van der Waals surface area contributed by atoms with Crippen LogP contribution in [0.25, 0.3) is 0 Å². The summed E-state index contributed by atoms with van der Waals surface area (Å²) in [4.78, 5) is 10.8. The molecule has 0 bridgehead atoms. The lowest BCUT2D eigenvalue weighted by Gasteiger charge is -2.14. The summed E-state index contributed by atoms with van der Waals surface area (Å²) in [6, 6.07) is 5.18. The minimum Gasteiger partial charge on any atom is -0.397 e. The van der Waals surface area contributed by atoms with Crippen molar-refractivity contribution in [3.63, 3.8) is 0 Å². The molecule has 5 N–H and O–H groups in total. The predicted molar refractivity (Wildman–Crippen MR) is 57.9 cm³/mol. The van der Waals surface area contributed by atoms with Crippen molar-refractivity contribution in [2.24, 2.45) is 5.73 Å². The van der Waals surface area contributed by atoms with Crippen LogP contribution in [-0.2, 0) is 4.79 Å². The number of nitrogens with one attached hydrogen (secondary N) is 1. The smallest absolute Gasteiger partial charge is 0.239 e. The molecule has 14 heavy (non-hydrogen) atoms. The molecular formula is C10H15N3O. The van der Waals surface area contributed by atoms with Gasteiger partial charge < -0.3 is 16.8 Å². The number of hydrogen-bond donors (Lipinski definition) is 3. The first-order valence-corrected chi connectivity index (χ1v) is 4.42. The second kappa shape index (κ2) is 4.00. The molecule has 1 aromatic rings. The molecule has 0 spiro atoms. The number of rotatable bonds is 3. The number of anilines is 2. The Hall–Kier alpha value is -1.71. The number of primary amides is 1. The highest BCUT2D eigenvalue weighted by atomic mass is 16.1. The Balaban J connectivity index is 2.85. The second-order valence-electron chi connectivity index (χ2n) is 3.36. The van der Waals surface area contributed by atoms with E-state index >= 15 is 0 Å². The highest BCUT2D eigenvalue weighted by Gasteiger charge is 2.09. The first-order chi connectivity index (χ1) is 6.50. The zero-order chi connectivity index (χ0) is 10.7. The van der Waals surface area contributed by atoms with E-state index in [1.165, 1.54) is 0 Å². The van der Waals surface area contributed by atoms with Crippen LogP contribution >= 0.6 is 0 Å². The number of carbonyl (C=O) groups is 1. The van der Waals surface area contributed by atoms with Gasteiger partial charge in [0.15, 0.2) is 0 Å². The standard InChI is InChI=1S/C10H15N3O/c1-6-3-4-8(11)9(5-6)13-7(2)10(12)14/h3-5,7,13H,11H2,1-2H3,(H2,12,14). The third-order valence-electron chi connectivity index (χ3n) is 2.01. The number of aryl methyl sites for hydroxylation is 1. The van der Waals surface area contributed by atoms with Crippen LogP contribution in [0.4, 0.5) is 11.4 Å². The maximum atomic E-state index is 10.8. The summed E-state index contributed by atoms with van der Waals surface area (Å²) < 4.78 is 0. The van der Waals surface area contributed by atoms with E-state index in [0.717, 1.165) is 11.3 Å². The van der Waals surface area contributed by atoms with Crippen molar-refractivity contribution in [1.82, 2.24) is 0 Å². The molecule has 1 aromatic carbocycles. The van der Waals surface area contributed by atoms with Crippen LogP contribution in [0.3, 0.4) is 0 Å². The maximum Gasteiger partial charge on any atom is 0.239 e. The van der Waals surface area contributed by atoms with E-state index in [-0.39, 0.29) is 0 Å². The van der Waals surface area contributed by atoms with Gasteiger partial charge in [-0.2, -0.15) is 0 Å². The quantitative estimate of drug-likeness (QED) is 0.623. The van der Waals surface area contributed by atoms with Crippen LogP contribution in [0.5, 0.6) is 0 Å². The fourth-order valence-corrected chi connectivity index (χ4v) is 1.10. The number of benzene rings is 1. The molecular weight excluding hydrogens is 178 g/mol. The number of amides is 1. The molecule has 1 rings (SSSR count). The Morgan fingerprint density at radius 3 is 2.71 bits per heavy atom. The van der Waals surface area contributed by atoms with Gasteiger partial charge in [-0.05, 0) is 31.5 Å². The monoisotopic (exact) mass is 193 g/mol. The Labute approximate surface area is 83.3 Å². The fraction of sp³-hybridized carbons (Fsp3) is 0.300. The van der Waals surface area contributed by atoms with E-state index < -0.39 is 11.9 Å². The molecule has 4 nitrogen and oxygen atoms in total. The Morgan fingerprint density at radius 2 is 2.14 bits per heavy atom. The highest BCUT2D eigenvalue weighted by Crippen LogP contribution is 2.20. The maximum absolute atomic E-state index is 10.8. The summed E-state index contributed by atoms with van der Waals surface area (Å²) >= 11 is 0. The molecule has 76 valence electrons. The molecule has 0 heterocycles. The lowest BCUT2D eigenvalue weighted by Crippen LogP contribution is -2.32. The van der Waals surface area contributed by atoms with Crippen molar-refractivity contribution < 1.29 is 4.79 Å². The average Bonchev–Trinajstić information content (AvgIpc) is 2.11. The number of nitrogen functional groups attached to an aromatic ring is 1. The molecule has 0 aliphatic carbocycles. The SMILES string of the molecule is Cc1ccc(N)c(NC(C)C(N)=O)c1. The van der Waals surface area contributed by atoms with E-state index in [4.69, 9.17) is 11.5 Å². The van der Waals surface area contributed by atoms with E-state index in [1.807, 2.05) is 19.1 Å². The third kappa shape index (κ3) is 2.39. The third-order valence-corrected chi connectivity index (χ3v) is 2.01. The minimum absolute atomic E-state index is 0.397. The Bertz CT molecular complexity index is 349. The zero-order valence-electron chi connectivity index (χ0n) is 8.37. The van der Waals surface area contributed by atoms with E-state index in [9.17, 15) is 4.79 Å². The average molecular weight is 193 g/mol. The van der Waals surface area contributed by atoms with Gasteiger partial charge in [0.25, 0.3) is 0 Å². The van der Waals surface area contributed by atoms with E-state index in [1.54, 1.807) is 13.0 Å². The van der Waals surface area contributed by atoms with Gasteiger partial charge in [-0.25, -0.2) is 0 Å². The van der Waals surface area contributed by atoms with Crippen LogP contribution in [0.15, 0.2) is 18.2 Å².